The lowest BCUT2D eigenvalue weighted by atomic mass is 10.1. The highest BCUT2D eigenvalue weighted by Gasteiger charge is 2.28. The van der Waals surface area contributed by atoms with E-state index in [1.54, 1.807) is 0 Å². The molecule has 106 valence electrons. The minimum atomic E-state index is 0.0982. The lowest BCUT2D eigenvalue weighted by molar-refractivity contribution is -0.0320. The second kappa shape index (κ2) is 5.14. The number of rotatable bonds is 2. The molecule has 0 bridgehead atoms. The molecule has 20 heavy (non-hydrogen) atoms. The van der Waals surface area contributed by atoms with Gasteiger partial charge >= 0.3 is 0 Å². The van der Waals surface area contributed by atoms with Crippen LogP contribution in [0.1, 0.15) is 50.2 Å². The highest BCUT2D eigenvalue weighted by molar-refractivity contribution is 5.71. The summed E-state index contributed by atoms with van der Waals surface area (Å²) in [6.45, 7) is 1.92. The number of hydrogen-bond acceptors (Lipinski definition) is 4. The van der Waals surface area contributed by atoms with Gasteiger partial charge in [-0.3, -0.25) is 4.57 Å². The maximum Gasteiger partial charge on any atom is 0.162 e. The number of fused-ring (bicyclic) bond motifs is 1. The summed E-state index contributed by atoms with van der Waals surface area (Å²) >= 11 is 0. The van der Waals surface area contributed by atoms with E-state index in [0.29, 0.717) is 6.04 Å². The molecule has 4 heterocycles. The fraction of sp³-hybridized carbons (Fsp3) is 0.600. The minimum Gasteiger partial charge on any atom is -0.358 e. The summed E-state index contributed by atoms with van der Waals surface area (Å²) in [5.74, 6) is 1.10. The zero-order valence-corrected chi connectivity index (χ0v) is 11.6. The lowest BCUT2D eigenvalue weighted by Crippen LogP contribution is -2.24. The van der Waals surface area contributed by atoms with Gasteiger partial charge in [-0.2, -0.15) is 0 Å². The molecular formula is C15H20N4O. The number of imidazole rings is 1. The van der Waals surface area contributed by atoms with Crippen LogP contribution in [0.4, 0.5) is 0 Å². The molecular weight excluding hydrogens is 252 g/mol. The molecule has 5 nitrogen and oxygen atoms in total. The zero-order chi connectivity index (χ0) is 13.4. The van der Waals surface area contributed by atoms with Crippen LogP contribution in [0, 0.1) is 0 Å². The van der Waals surface area contributed by atoms with Crippen molar-refractivity contribution in [2.45, 2.75) is 44.4 Å². The summed E-state index contributed by atoms with van der Waals surface area (Å²) < 4.78 is 8.22. The molecule has 0 spiro atoms. The molecule has 2 saturated heterocycles. The number of nitrogens with one attached hydrogen (secondary N) is 1. The van der Waals surface area contributed by atoms with E-state index >= 15 is 0 Å². The second-order valence-corrected chi connectivity index (χ2v) is 5.66. The van der Waals surface area contributed by atoms with Gasteiger partial charge in [0.1, 0.15) is 17.6 Å². The molecule has 2 aromatic rings. The molecule has 2 aliphatic heterocycles. The van der Waals surface area contributed by atoms with Crippen molar-refractivity contribution in [1.82, 2.24) is 19.9 Å². The van der Waals surface area contributed by atoms with Gasteiger partial charge < -0.3 is 10.1 Å². The third kappa shape index (κ3) is 2.01. The average molecular weight is 272 g/mol. The predicted molar refractivity (Wildman–Crippen MR) is 76.3 cm³/mol. The Balaban J connectivity index is 1.83. The quantitative estimate of drug-likeness (QED) is 0.913. The van der Waals surface area contributed by atoms with Crippen LogP contribution in [0.15, 0.2) is 18.3 Å². The van der Waals surface area contributed by atoms with E-state index in [1.165, 1.54) is 12.8 Å². The Hall–Kier alpha value is -1.46. The fourth-order valence-corrected chi connectivity index (χ4v) is 3.31. The highest BCUT2D eigenvalue weighted by Crippen LogP contribution is 2.32. The van der Waals surface area contributed by atoms with Crippen molar-refractivity contribution >= 4 is 11.2 Å². The number of pyridine rings is 1. The van der Waals surface area contributed by atoms with Crippen LogP contribution in [0.2, 0.25) is 0 Å². The van der Waals surface area contributed by atoms with Gasteiger partial charge in [-0.15, -0.1) is 0 Å². The van der Waals surface area contributed by atoms with Crippen molar-refractivity contribution < 1.29 is 4.74 Å². The first-order chi connectivity index (χ1) is 9.93. The van der Waals surface area contributed by atoms with E-state index in [0.717, 1.165) is 49.4 Å². The van der Waals surface area contributed by atoms with E-state index < -0.39 is 0 Å². The molecule has 0 amide bonds. The van der Waals surface area contributed by atoms with E-state index in [4.69, 9.17) is 9.72 Å². The Kier molecular flexibility index (Phi) is 3.16. The fourth-order valence-electron chi connectivity index (χ4n) is 3.31. The molecule has 2 atom stereocenters. The maximum absolute atomic E-state index is 5.99. The summed E-state index contributed by atoms with van der Waals surface area (Å²) in [4.78, 5) is 9.37. The van der Waals surface area contributed by atoms with E-state index in [1.807, 2.05) is 18.3 Å². The van der Waals surface area contributed by atoms with Gasteiger partial charge in [0.05, 0.1) is 6.04 Å². The van der Waals surface area contributed by atoms with Gasteiger partial charge in [0, 0.05) is 12.8 Å². The summed E-state index contributed by atoms with van der Waals surface area (Å²) in [5.41, 5.74) is 1.94. The van der Waals surface area contributed by atoms with Crippen LogP contribution < -0.4 is 5.32 Å². The Bertz CT molecular complexity index is 597. The number of ether oxygens (including phenoxy) is 1. The molecule has 0 aliphatic carbocycles. The second-order valence-electron chi connectivity index (χ2n) is 5.66. The van der Waals surface area contributed by atoms with Gasteiger partial charge in [-0.1, -0.05) is 0 Å². The van der Waals surface area contributed by atoms with Crippen molar-refractivity contribution in [3.63, 3.8) is 0 Å². The Morgan fingerprint density at radius 1 is 1.25 bits per heavy atom. The molecule has 2 aromatic heterocycles. The Morgan fingerprint density at radius 3 is 3.05 bits per heavy atom. The van der Waals surface area contributed by atoms with Crippen molar-refractivity contribution in [2.75, 3.05) is 13.2 Å². The number of nitrogens with zero attached hydrogens (tertiary/aromatic N) is 3. The van der Waals surface area contributed by atoms with Crippen LogP contribution in [-0.2, 0) is 4.74 Å². The first-order valence-electron chi connectivity index (χ1n) is 7.61. The molecule has 5 heteroatoms. The molecule has 2 aliphatic rings. The van der Waals surface area contributed by atoms with Crippen LogP contribution in [0.25, 0.3) is 11.2 Å². The molecule has 0 radical (unpaired) electrons. The molecule has 2 unspecified atom stereocenters. The molecule has 2 fully saturated rings. The smallest absolute Gasteiger partial charge is 0.162 e. The highest BCUT2D eigenvalue weighted by atomic mass is 16.5. The van der Waals surface area contributed by atoms with Gasteiger partial charge in [-0.05, 0) is 50.8 Å². The SMILES string of the molecule is c1cnc2c(c1)nc(C1CCCN1)n2C1CCCCO1. The first kappa shape index (κ1) is 12.3. The van der Waals surface area contributed by atoms with Gasteiger partial charge in [0.25, 0.3) is 0 Å². The number of hydrogen-bond donors (Lipinski definition) is 1. The Morgan fingerprint density at radius 2 is 2.25 bits per heavy atom. The normalized spacial score (nSPS) is 27.2. The monoisotopic (exact) mass is 272 g/mol. The largest absolute Gasteiger partial charge is 0.358 e. The number of aromatic nitrogens is 3. The maximum atomic E-state index is 5.99. The van der Waals surface area contributed by atoms with E-state index in [2.05, 4.69) is 14.9 Å². The summed E-state index contributed by atoms with van der Waals surface area (Å²) in [7, 11) is 0. The lowest BCUT2D eigenvalue weighted by Gasteiger charge is -2.26. The van der Waals surface area contributed by atoms with Gasteiger partial charge in [0.2, 0.25) is 0 Å². The average Bonchev–Trinajstić information content (AvgIpc) is 3.15. The van der Waals surface area contributed by atoms with Crippen LogP contribution in [-0.4, -0.2) is 27.7 Å². The van der Waals surface area contributed by atoms with Crippen LogP contribution in [0.5, 0.6) is 0 Å². The van der Waals surface area contributed by atoms with Crippen LogP contribution >= 0.6 is 0 Å². The van der Waals surface area contributed by atoms with Crippen molar-refractivity contribution in [3.05, 3.63) is 24.2 Å². The first-order valence-corrected chi connectivity index (χ1v) is 7.61. The summed E-state index contributed by atoms with van der Waals surface area (Å²) in [6.07, 6.45) is 7.74. The van der Waals surface area contributed by atoms with Crippen molar-refractivity contribution in [1.29, 1.82) is 0 Å². The van der Waals surface area contributed by atoms with Crippen molar-refractivity contribution in [2.24, 2.45) is 0 Å². The molecule has 0 aromatic carbocycles. The molecule has 1 N–H and O–H groups in total. The third-order valence-corrected chi connectivity index (χ3v) is 4.29. The minimum absolute atomic E-state index is 0.0982. The van der Waals surface area contributed by atoms with Gasteiger partial charge in [0.15, 0.2) is 5.65 Å². The third-order valence-electron chi connectivity index (χ3n) is 4.29. The Labute approximate surface area is 118 Å². The standard InChI is InChI=1S/C15H20N4O/c1-2-10-20-13(7-1)19-14-12(6-4-9-17-14)18-15(19)11-5-3-8-16-11/h4,6,9,11,13,16H,1-3,5,7-8,10H2. The molecule has 4 rings (SSSR count). The van der Waals surface area contributed by atoms with E-state index in [-0.39, 0.29) is 6.23 Å². The zero-order valence-electron chi connectivity index (χ0n) is 11.6. The van der Waals surface area contributed by atoms with Crippen molar-refractivity contribution in [3.8, 4) is 0 Å². The predicted octanol–water partition coefficient (Wildman–Crippen LogP) is 2.55. The van der Waals surface area contributed by atoms with Gasteiger partial charge in [-0.25, -0.2) is 9.97 Å². The topological polar surface area (TPSA) is 52.0 Å². The summed E-state index contributed by atoms with van der Waals surface area (Å²) in [5, 5.41) is 3.55. The summed E-state index contributed by atoms with van der Waals surface area (Å²) in [6, 6.07) is 4.34. The molecule has 0 saturated carbocycles. The van der Waals surface area contributed by atoms with E-state index in [9.17, 15) is 0 Å². The van der Waals surface area contributed by atoms with Crippen LogP contribution in [0.3, 0.4) is 0 Å².